The molecule has 1 heterocycles. The van der Waals surface area contributed by atoms with Gasteiger partial charge in [0.2, 0.25) is 5.13 Å². The van der Waals surface area contributed by atoms with E-state index in [1.165, 1.54) is 17.1 Å². The number of anilines is 1. The average molecular weight is 323 g/mol. The Morgan fingerprint density at radius 3 is 2.62 bits per heavy atom. The molecule has 1 aliphatic rings. The van der Waals surface area contributed by atoms with Gasteiger partial charge in [0.15, 0.2) is 0 Å². The molecule has 0 amide bonds. The summed E-state index contributed by atoms with van der Waals surface area (Å²) < 4.78 is 4.42. The fourth-order valence-electron chi connectivity index (χ4n) is 2.61. The molecular formula is C15H19ClN4S. The van der Waals surface area contributed by atoms with Gasteiger partial charge in [-0.25, -0.2) is 4.98 Å². The van der Waals surface area contributed by atoms with Crippen molar-refractivity contribution in [3.8, 4) is 0 Å². The number of nitrogens with two attached hydrogens (primary N) is 1. The van der Waals surface area contributed by atoms with E-state index in [1.807, 2.05) is 24.3 Å². The summed E-state index contributed by atoms with van der Waals surface area (Å²) in [4.78, 5) is 4.57. The minimum atomic E-state index is 0.373. The van der Waals surface area contributed by atoms with Crippen molar-refractivity contribution < 1.29 is 0 Å². The first-order valence-corrected chi connectivity index (χ1v) is 8.43. The zero-order valence-corrected chi connectivity index (χ0v) is 13.3. The van der Waals surface area contributed by atoms with Crippen LogP contribution in [0.15, 0.2) is 24.3 Å². The number of hydrogen-bond donors (Lipinski definition) is 2. The summed E-state index contributed by atoms with van der Waals surface area (Å²) in [5.74, 6) is 0.859. The topological polar surface area (TPSA) is 63.8 Å². The Balaban J connectivity index is 1.57. The minimum absolute atomic E-state index is 0.373. The van der Waals surface area contributed by atoms with Gasteiger partial charge in [0.1, 0.15) is 5.82 Å². The van der Waals surface area contributed by atoms with Crippen LogP contribution in [0.1, 0.15) is 37.1 Å². The normalized spacial score (nSPS) is 22.2. The molecule has 0 atom stereocenters. The second-order valence-electron chi connectivity index (χ2n) is 5.58. The quantitative estimate of drug-likeness (QED) is 0.904. The first-order valence-electron chi connectivity index (χ1n) is 7.28. The van der Waals surface area contributed by atoms with Crippen LogP contribution in [0.2, 0.25) is 5.02 Å². The van der Waals surface area contributed by atoms with Crippen LogP contribution in [0, 0.1) is 0 Å². The summed E-state index contributed by atoms with van der Waals surface area (Å²) >= 11 is 7.33. The lowest BCUT2D eigenvalue weighted by atomic mass is 9.92. The minimum Gasteiger partial charge on any atom is -0.358 e. The predicted molar refractivity (Wildman–Crippen MR) is 88.0 cm³/mol. The molecule has 21 heavy (non-hydrogen) atoms. The van der Waals surface area contributed by atoms with Crippen LogP contribution in [0.5, 0.6) is 0 Å². The van der Waals surface area contributed by atoms with E-state index in [9.17, 15) is 0 Å². The van der Waals surface area contributed by atoms with Gasteiger partial charge in [0.05, 0.1) is 0 Å². The molecular weight excluding hydrogens is 304 g/mol. The van der Waals surface area contributed by atoms with Crippen molar-refractivity contribution in [2.24, 2.45) is 5.73 Å². The van der Waals surface area contributed by atoms with E-state index < -0.39 is 0 Å². The molecule has 6 heteroatoms. The zero-order chi connectivity index (χ0) is 14.7. The average Bonchev–Trinajstić information content (AvgIpc) is 2.91. The highest BCUT2D eigenvalue weighted by Crippen LogP contribution is 2.23. The van der Waals surface area contributed by atoms with Gasteiger partial charge in [-0.05, 0) is 43.4 Å². The Morgan fingerprint density at radius 2 is 1.90 bits per heavy atom. The molecule has 0 spiro atoms. The number of aromatic nitrogens is 2. The molecule has 1 aromatic carbocycles. The Labute approximate surface area is 133 Å². The maximum Gasteiger partial charge on any atom is 0.202 e. The fourth-order valence-corrected chi connectivity index (χ4v) is 3.40. The SMILES string of the molecule is NC1CCC(Nc2nc(Cc3ccc(Cl)cc3)ns2)CC1. The Kier molecular flexibility index (Phi) is 4.73. The highest BCUT2D eigenvalue weighted by atomic mass is 35.5. The van der Waals surface area contributed by atoms with E-state index in [0.717, 1.165) is 48.1 Å². The van der Waals surface area contributed by atoms with Crippen molar-refractivity contribution in [1.29, 1.82) is 0 Å². The van der Waals surface area contributed by atoms with E-state index in [4.69, 9.17) is 17.3 Å². The van der Waals surface area contributed by atoms with Crippen LogP contribution >= 0.6 is 23.1 Å². The van der Waals surface area contributed by atoms with Gasteiger partial charge in [-0.3, -0.25) is 0 Å². The Morgan fingerprint density at radius 1 is 1.19 bits per heavy atom. The molecule has 1 aromatic heterocycles. The third-order valence-corrected chi connectivity index (χ3v) is 4.78. The van der Waals surface area contributed by atoms with Gasteiger partial charge in [0, 0.05) is 35.1 Å². The first kappa shape index (κ1) is 14.8. The highest BCUT2D eigenvalue weighted by Gasteiger charge is 2.19. The van der Waals surface area contributed by atoms with Crippen LogP contribution in [0.3, 0.4) is 0 Å². The number of nitrogens with one attached hydrogen (secondary N) is 1. The number of rotatable bonds is 4. The predicted octanol–water partition coefficient (Wildman–Crippen LogP) is 3.46. The van der Waals surface area contributed by atoms with Crippen molar-refractivity contribution in [3.63, 3.8) is 0 Å². The van der Waals surface area contributed by atoms with Gasteiger partial charge in [-0.15, -0.1) is 0 Å². The lowest BCUT2D eigenvalue weighted by Crippen LogP contribution is -2.32. The summed E-state index contributed by atoms with van der Waals surface area (Å²) in [6.45, 7) is 0. The maximum atomic E-state index is 5.93. The smallest absolute Gasteiger partial charge is 0.202 e. The molecule has 112 valence electrons. The lowest BCUT2D eigenvalue weighted by molar-refractivity contribution is 0.411. The molecule has 1 saturated carbocycles. The molecule has 0 saturated heterocycles. The fraction of sp³-hybridized carbons (Fsp3) is 0.467. The molecule has 2 aromatic rings. The van der Waals surface area contributed by atoms with Crippen molar-refractivity contribution in [3.05, 3.63) is 40.7 Å². The summed E-state index contributed by atoms with van der Waals surface area (Å²) in [5.41, 5.74) is 7.10. The van der Waals surface area contributed by atoms with Crippen molar-refractivity contribution >= 4 is 28.3 Å². The molecule has 0 bridgehead atoms. The molecule has 3 rings (SSSR count). The monoisotopic (exact) mass is 322 g/mol. The molecule has 3 N–H and O–H groups in total. The van der Waals surface area contributed by atoms with Crippen molar-refractivity contribution in [2.75, 3.05) is 5.32 Å². The van der Waals surface area contributed by atoms with Crippen LogP contribution in [0.4, 0.5) is 5.13 Å². The van der Waals surface area contributed by atoms with Crippen molar-refractivity contribution in [1.82, 2.24) is 9.36 Å². The molecule has 1 aliphatic carbocycles. The van der Waals surface area contributed by atoms with E-state index in [2.05, 4.69) is 14.7 Å². The van der Waals surface area contributed by atoms with Crippen LogP contribution < -0.4 is 11.1 Å². The third kappa shape index (κ3) is 4.15. The lowest BCUT2D eigenvalue weighted by Gasteiger charge is -2.26. The number of hydrogen-bond acceptors (Lipinski definition) is 5. The van der Waals surface area contributed by atoms with Crippen molar-refractivity contribution in [2.45, 2.75) is 44.2 Å². The molecule has 1 fully saturated rings. The van der Waals surface area contributed by atoms with Gasteiger partial charge in [-0.2, -0.15) is 4.37 Å². The molecule has 0 aliphatic heterocycles. The summed E-state index contributed by atoms with van der Waals surface area (Å²) in [7, 11) is 0. The van der Waals surface area contributed by atoms with E-state index in [1.54, 1.807) is 0 Å². The molecule has 4 nitrogen and oxygen atoms in total. The van der Waals surface area contributed by atoms with Gasteiger partial charge in [-0.1, -0.05) is 23.7 Å². The van der Waals surface area contributed by atoms with Crippen LogP contribution in [-0.4, -0.2) is 21.4 Å². The summed E-state index contributed by atoms with van der Waals surface area (Å²) in [6, 6.07) is 8.68. The standard InChI is InChI=1S/C15H19ClN4S/c16-11-3-1-10(2-4-11)9-14-19-15(21-20-14)18-13-7-5-12(17)6-8-13/h1-4,12-13H,5-9,17H2,(H,18,19,20). The molecule has 0 unspecified atom stereocenters. The molecule has 0 radical (unpaired) electrons. The first-order chi connectivity index (χ1) is 10.2. The second kappa shape index (κ2) is 6.73. The Bertz CT molecular complexity index is 576. The third-order valence-electron chi connectivity index (χ3n) is 3.84. The van der Waals surface area contributed by atoms with Gasteiger partial charge in [0.25, 0.3) is 0 Å². The van der Waals surface area contributed by atoms with Gasteiger partial charge < -0.3 is 11.1 Å². The van der Waals surface area contributed by atoms with E-state index in [-0.39, 0.29) is 0 Å². The number of halogens is 1. The van der Waals surface area contributed by atoms with Gasteiger partial charge >= 0.3 is 0 Å². The summed E-state index contributed by atoms with van der Waals surface area (Å²) in [5, 5.41) is 5.15. The second-order valence-corrected chi connectivity index (χ2v) is 6.76. The van der Waals surface area contributed by atoms with E-state index in [0.29, 0.717) is 12.1 Å². The largest absolute Gasteiger partial charge is 0.358 e. The zero-order valence-electron chi connectivity index (χ0n) is 11.8. The highest BCUT2D eigenvalue weighted by molar-refractivity contribution is 7.09. The number of nitrogens with zero attached hydrogens (tertiary/aromatic N) is 2. The Hall–Kier alpha value is -1.17. The van der Waals surface area contributed by atoms with E-state index >= 15 is 0 Å². The van der Waals surface area contributed by atoms with Crippen LogP contribution in [-0.2, 0) is 6.42 Å². The summed E-state index contributed by atoms with van der Waals surface area (Å²) in [6.07, 6.45) is 5.16. The van der Waals surface area contributed by atoms with Crippen LogP contribution in [0.25, 0.3) is 0 Å². The maximum absolute atomic E-state index is 5.93. The number of benzene rings is 1.